The van der Waals surface area contributed by atoms with Gasteiger partial charge in [-0.25, -0.2) is 0 Å². The van der Waals surface area contributed by atoms with Gasteiger partial charge in [0, 0.05) is 6.07 Å². The quantitative estimate of drug-likeness (QED) is 0.393. The molecule has 0 saturated carbocycles. The highest BCUT2D eigenvalue weighted by Crippen LogP contribution is 2.29. The van der Waals surface area contributed by atoms with E-state index in [0.29, 0.717) is 14.8 Å². The van der Waals surface area contributed by atoms with Crippen LogP contribution in [0.2, 0.25) is 5.02 Å². The molecule has 1 heterocycles. The largest absolute Gasteiger partial charge is 0.307 e. The summed E-state index contributed by atoms with van der Waals surface area (Å²) in [7, 11) is 0. The Bertz CT molecular complexity index is 601. The second kappa shape index (κ2) is 5.05. The minimum absolute atomic E-state index is 0.0567. The van der Waals surface area contributed by atoms with E-state index in [4.69, 9.17) is 23.8 Å². The molecule has 1 aromatic carbocycles. The number of halogens is 1. The number of amides is 1. The lowest BCUT2D eigenvalue weighted by atomic mass is 10.2. The molecule has 1 amide bonds. The number of thiocarbonyl (C=S) groups is 1. The van der Waals surface area contributed by atoms with Crippen LogP contribution in [0.3, 0.4) is 0 Å². The van der Waals surface area contributed by atoms with Gasteiger partial charge in [-0.3, -0.25) is 14.9 Å². The highest BCUT2D eigenvalue weighted by atomic mass is 35.5. The maximum Gasteiger partial charge on any atom is 0.288 e. The van der Waals surface area contributed by atoms with E-state index in [1.54, 1.807) is 6.07 Å². The van der Waals surface area contributed by atoms with Gasteiger partial charge in [-0.1, -0.05) is 41.6 Å². The van der Waals surface area contributed by atoms with Crippen LogP contribution in [0.4, 0.5) is 5.69 Å². The zero-order valence-corrected chi connectivity index (χ0v) is 11.1. The molecule has 0 spiro atoms. The maximum absolute atomic E-state index is 11.4. The molecule has 8 heteroatoms. The fourth-order valence-corrected chi connectivity index (χ4v) is 2.56. The van der Waals surface area contributed by atoms with Gasteiger partial charge in [0.05, 0.1) is 9.83 Å². The van der Waals surface area contributed by atoms with Crippen LogP contribution in [0, 0.1) is 10.1 Å². The molecule has 1 N–H and O–H groups in total. The number of carbonyl (C=O) groups excluding carboxylic acids is 1. The fourth-order valence-electron chi connectivity index (χ4n) is 1.33. The standard InChI is InChI=1S/C10H5ClN2O3S2/c11-6-2-1-5(3-7(6)13(15)16)4-8-9(14)12-10(17)18-8/h1-4H,(H,12,14,17)/b8-4+. The molecule has 0 aromatic heterocycles. The lowest BCUT2D eigenvalue weighted by molar-refractivity contribution is -0.384. The highest BCUT2D eigenvalue weighted by Gasteiger charge is 2.22. The van der Waals surface area contributed by atoms with Crippen LogP contribution in [0.5, 0.6) is 0 Å². The first-order valence-electron chi connectivity index (χ1n) is 4.66. The van der Waals surface area contributed by atoms with Crippen molar-refractivity contribution in [1.82, 2.24) is 5.32 Å². The second-order valence-corrected chi connectivity index (χ2v) is 5.45. The molecule has 1 fully saturated rings. The van der Waals surface area contributed by atoms with Crippen molar-refractivity contribution < 1.29 is 9.72 Å². The minimum atomic E-state index is -0.573. The summed E-state index contributed by atoms with van der Waals surface area (Å²) in [6, 6.07) is 4.32. The third-order valence-electron chi connectivity index (χ3n) is 2.11. The average molecular weight is 301 g/mol. The van der Waals surface area contributed by atoms with Crippen molar-refractivity contribution in [2.24, 2.45) is 0 Å². The molecule has 5 nitrogen and oxygen atoms in total. The molecule has 0 radical (unpaired) electrons. The summed E-state index contributed by atoms with van der Waals surface area (Å²) >= 11 is 11.6. The van der Waals surface area contributed by atoms with Crippen molar-refractivity contribution in [3.63, 3.8) is 0 Å². The normalized spacial score (nSPS) is 17.1. The van der Waals surface area contributed by atoms with Crippen LogP contribution < -0.4 is 5.32 Å². The van der Waals surface area contributed by atoms with Crippen molar-refractivity contribution in [2.45, 2.75) is 0 Å². The van der Waals surface area contributed by atoms with Gasteiger partial charge in [0.25, 0.3) is 11.6 Å². The first-order chi connectivity index (χ1) is 8.47. The lowest BCUT2D eigenvalue weighted by Gasteiger charge is -1.98. The number of hydrogen-bond acceptors (Lipinski definition) is 5. The Kier molecular flexibility index (Phi) is 3.65. The van der Waals surface area contributed by atoms with Crippen LogP contribution in [-0.2, 0) is 4.79 Å². The van der Waals surface area contributed by atoms with Gasteiger partial charge in [0.1, 0.15) is 9.34 Å². The van der Waals surface area contributed by atoms with Crippen molar-refractivity contribution in [3.8, 4) is 0 Å². The van der Waals surface area contributed by atoms with Crippen LogP contribution in [0.15, 0.2) is 23.1 Å². The van der Waals surface area contributed by atoms with E-state index in [1.807, 2.05) is 0 Å². The number of benzene rings is 1. The molecule has 2 rings (SSSR count). The van der Waals surface area contributed by atoms with Gasteiger partial charge in [0.15, 0.2) is 0 Å². The molecule has 0 bridgehead atoms. The molecular formula is C10H5ClN2O3S2. The van der Waals surface area contributed by atoms with Crippen molar-refractivity contribution in [3.05, 3.63) is 43.8 Å². The summed E-state index contributed by atoms with van der Waals surface area (Å²) < 4.78 is 0.370. The molecule has 0 unspecified atom stereocenters. The first kappa shape index (κ1) is 13.0. The van der Waals surface area contributed by atoms with Gasteiger partial charge in [-0.15, -0.1) is 0 Å². The van der Waals surface area contributed by atoms with Crippen molar-refractivity contribution >= 4 is 57.6 Å². The van der Waals surface area contributed by atoms with E-state index >= 15 is 0 Å². The molecule has 18 heavy (non-hydrogen) atoms. The molecule has 0 atom stereocenters. The molecular weight excluding hydrogens is 296 g/mol. The number of nitrogens with zero attached hydrogens (tertiary/aromatic N) is 1. The Hall–Kier alpha value is -1.44. The van der Waals surface area contributed by atoms with Crippen LogP contribution >= 0.6 is 35.6 Å². The maximum atomic E-state index is 11.4. The van der Waals surface area contributed by atoms with E-state index < -0.39 is 4.92 Å². The van der Waals surface area contributed by atoms with Gasteiger partial charge >= 0.3 is 0 Å². The summed E-state index contributed by atoms with van der Waals surface area (Å²) in [5.74, 6) is -0.303. The van der Waals surface area contributed by atoms with Crippen LogP contribution in [-0.4, -0.2) is 15.2 Å². The third-order valence-corrected chi connectivity index (χ3v) is 3.59. The average Bonchev–Trinajstić information content (AvgIpc) is 2.60. The minimum Gasteiger partial charge on any atom is -0.307 e. The third kappa shape index (κ3) is 2.69. The summed E-state index contributed by atoms with van der Waals surface area (Å²) in [4.78, 5) is 22.0. The Morgan fingerprint density at radius 2 is 2.22 bits per heavy atom. The van der Waals surface area contributed by atoms with E-state index in [-0.39, 0.29) is 16.6 Å². The Balaban J connectivity index is 2.38. The predicted molar refractivity (Wildman–Crippen MR) is 74.4 cm³/mol. The molecule has 1 aliphatic rings. The van der Waals surface area contributed by atoms with Gasteiger partial charge in [-0.05, 0) is 17.7 Å². The molecule has 1 aliphatic heterocycles. The second-order valence-electron chi connectivity index (χ2n) is 3.32. The number of nitro benzene ring substituents is 1. The predicted octanol–water partition coefficient (Wildman–Crippen LogP) is 2.74. The van der Waals surface area contributed by atoms with Crippen molar-refractivity contribution in [1.29, 1.82) is 0 Å². The van der Waals surface area contributed by atoms with Crippen LogP contribution in [0.25, 0.3) is 6.08 Å². The van der Waals surface area contributed by atoms with Gasteiger partial charge < -0.3 is 5.32 Å². The number of thioether (sulfide) groups is 1. The zero-order valence-electron chi connectivity index (χ0n) is 8.68. The first-order valence-corrected chi connectivity index (χ1v) is 6.26. The summed E-state index contributed by atoms with van der Waals surface area (Å²) in [6.45, 7) is 0. The molecule has 1 saturated heterocycles. The Morgan fingerprint density at radius 3 is 2.78 bits per heavy atom. The fraction of sp³-hybridized carbons (Fsp3) is 0. The number of carbonyl (C=O) groups is 1. The summed E-state index contributed by atoms with van der Waals surface area (Å²) in [5.41, 5.74) is 0.324. The number of nitrogens with one attached hydrogen (secondary N) is 1. The smallest absolute Gasteiger partial charge is 0.288 e. The Labute approximate surface area is 116 Å². The van der Waals surface area contributed by atoms with E-state index in [2.05, 4.69) is 5.32 Å². The number of hydrogen-bond donors (Lipinski definition) is 1. The van der Waals surface area contributed by atoms with E-state index in [0.717, 1.165) is 11.8 Å². The summed E-state index contributed by atoms with van der Waals surface area (Å²) in [5, 5.41) is 13.2. The highest BCUT2D eigenvalue weighted by molar-refractivity contribution is 8.26. The Morgan fingerprint density at radius 1 is 1.50 bits per heavy atom. The monoisotopic (exact) mass is 300 g/mol. The lowest BCUT2D eigenvalue weighted by Crippen LogP contribution is -2.17. The zero-order chi connectivity index (χ0) is 13.3. The summed E-state index contributed by atoms with van der Waals surface area (Å²) in [6.07, 6.45) is 1.53. The number of nitro groups is 1. The van der Waals surface area contributed by atoms with Crippen molar-refractivity contribution in [2.75, 3.05) is 0 Å². The van der Waals surface area contributed by atoms with Crippen LogP contribution in [0.1, 0.15) is 5.56 Å². The van der Waals surface area contributed by atoms with Gasteiger partial charge in [0.2, 0.25) is 0 Å². The number of rotatable bonds is 2. The molecule has 1 aromatic rings. The van der Waals surface area contributed by atoms with E-state index in [1.165, 1.54) is 18.2 Å². The van der Waals surface area contributed by atoms with E-state index in [9.17, 15) is 14.9 Å². The topological polar surface area (TPSA) is 72.2 Å². The molecule has 92 valence electrons. The molecule has 0 aliphatic carbocycles. The van der Waals surface area contributed by atoms with Gasteiger partial charge in [-0.2, -0.15) is 0 Å². The SMILES string of the molecule is O=C1NC(=S)S/C1=C/c1ccc(Cl)c([N+](=O)[O-])c1.